The molecule has 0 spiro atoms. The summed E-state index contributed by atoms with van der Waals surface area (Å²) in [5, 5.41) is 19.7. The monoisotopic (exact) mass is 407 g/mol. The van der Waals surface area contributed by atoms with Crippen LogP contribution in [0.5, 0.6) is 5.75 Å². The molecule has 3 heterocycles. The maximum Gasteiger partial charge on any atom is 0.339 e. The van der Waals surface area contributed by atoms with Gasteiger partial charge in [-0.25, -0.2) is 4.79 Å². The Kier molecular flexibility index (Phi) is 5.32. The number of ether oxygens (including phenoxy) is 1. The number of carboxylic acids is 1. The number of carbonyl (C=O) groups excluding carboxylic acids is 1. The number of aliphatic hydroxyl groups excluding tert-OH is 1. The summed E-state index contributed by atoms with van der Waals surface area (Å²) in [6.07, 6.45) is 5.60. The third-order valence-corrected chi connectivity index (χ3v) is 5.89. The van der Waals surface area contributed by atoms with E-state index in [9.17, 15) is 19.8 Å². The number of aliphatic hydroxyl groups is 1. The van der Waals surface area contributed by atoms with Crippen molar-refractivity contribution in [3.05, 3.63) is 64.7 Å². The summed E-state index contributed by atoms with van der Waals surface area (Å²) < 4.78 is 5.95. The van der Waals surface area contributed by atoms with Gasteiger partial charge in [0.25, 0.3) is 0 Å². The lowest BCUT2D eigenvalue weighted by atomic mass is 9.61. The van der Waals surface area contributed by atoms with Crippen LogP contribution >= 0.6 is 0 Å². The van der Waals surface area contributed by atoms with Crippen LogP contribution in [0.4, 0.5) is 0 Å². The highest BCUT2D eigenvalue weighted by molar-refractivity contribution is 6.35. The predicted octanol–water partition coefficient (Wildman–Crippen LogP) is 2.33. The van der Waals surface area contributed by atoms with Crippen molar-refractivity contribution < 1.29 is 24.5 Å². The average molecular weight is 407 g/mol. The SMILES string of the molecule is C=C1C=CN(CC(=O)N2CC(Oc3ccc4c(c3C(=O)O)C[B]CC4)C2)C(C)=C1O. The smallest absolute Gasteiger partial charge is 0.339 e. The normalized spacial score (nSPS) is 18.6. The van der Waals surface area contributed by atoms with Gasteiger partial charge >= 0.3 is 5.97 Å². The van der Waals surface area contributed by atoms with Gasteiger partial charge in [-0.1, -0.05) is 25.3 Å². The minimum Gasteiger partial charge on any atom is -0.506 e. The van der Waals surface area contributed by atoms with Gasteiger partial charge in [-0.15, -0.1) is 0 Å². The fourth-order valence-corrected chi connectivity index (χ4v) is 4.03. The number of nitrogens with zero attached hydrogens (tertiary/aromatic N) is 2. The summed E-state index contributed by atoms with van der Waals surface area (Å²) >= 11 is 0. The molecule has 1 aromatic carbocycles. The Morgan fingerprint density at radius 2 is 2.10 bits per heavy atom. The van der Waals surface area contributed by atoms with Crippen LogP contribution in [-0.4, -0.2) is 64.9 Å². The molecule has 1 saturated heterocycles. The molecule has 155 valence electrons. The molecule has 1 fully saturated rings. The van der Waals surface area contributed by atoms with Gasteiger partial charge in [-0.3, -0.25) is 4.79 Å². The Morgan fingerprint density at radius 3 is 2.83 bits per heavy atom. The van der Waals surface area contributed by atoms with Crippen LogP contribution < -0.4 is 4.74 Å². The molecule has 8 heteroatoms. The van der Waals surface area contributed by atoms with E-state index in [-0.39, 0.29) is 29.9 Å². The van der Waals surface area contributed by atoms with E-state index in [1.54, 1.807) is 35.1 Å². The lowest BCUT2D eigenvalue weighted by Gasteiger charge is -2.40. The molecule has 0 aliphatic carbocycles. The molecule has 3 aliphatic rings. The van der Waals surface area contributed by atoms with Gasteiger partial charge in [0.05, 0.1) is 18.8 Å². The van der Waals surface area contributed by atoms with Crippen molar-refractivity contribution in [2.75, 3.05) is 19.6 Å². The van der Waals surface area contributed by atoms with E-state index in [0.717, 1.165) is 23.9 Å². The van der Waals surface area contributed by atoms with E-state index >= 15 is 0 Å². The minimum atomic E-state index is -0.982. The standard InChI is InChI=1S/C22H24BN2O5/c1-13-6-8-24(14(2)21(13)27)12-19(26)25-10-16(11-25)30-18-4-3-15-5-7-23-9-17(15)20(18)22(28)29/h3-4,6,8,16,27H,1,5,7,9-12H2,2H3,(H,28,29). The van der Waals surface area contributed by atoms with Crippen molar-refractivity contribution in [3.63, 3.8) is 0 Å². The number of aromatic carboxylic acids is 1. The number of benzene rings is 1. The van der Waals surface area contributed by atoms with Crippen LogP contribution in [0, 0.1) is 0 Å². The first-order valence-corrected chi connectivity index (χ1v) is 10.0. The number of carboxylic acid groups (broad SMARTS) is 1. The molecule has 0 saturated carbocycles. The number of aryl methyl sites for hydroxylation is 1. The summed E-state index contributed by atoms with van der Waals surface area (Å²) in [5.41, 5.74) is 3.24. The Labute approximate surface area is 176 Å². The average Bonchev–Trinajstić information content (AvgIpc) is 2.70. The van der Waals surface area contributed by atoms with Gasteiger partial charge in [0.2, 0.25) is 5.91 Å². The second kappa shape index (κ2) is 7.93. The molecule has 7 nitrogen and oxygen atoms in total. The van der Waals surface area contributed by atoms with Gasteiger partial charge < -0.3 is 24.7 Å². The van der Waals surface area contributed by atoms with E-state index < -0.39 is 5.97 Å². The van der Waals surface area contributed by atoms with Crippen LogP contribution in [-0.2, 0) is 17.5 Å². The lowest BCUT2D eigenvalue weighted by Crippen LogP contribution is -2.58. The summed E-state index contributed by atoms with van der Waals surface area (Å²) in [7, 11) is 2.10. The Morgan fingerprint density at radius 1 is 1.33 bits per heavy atom. The number of carbonyl (C=O) groups is 2. The second-order valence-electron chi connectivity index (χ2n) is 7.85. The highest BCUT2D eigenvalue weighted by Gasteiger charge is 2.34. The van der Waals surface area contributed by atoms with E-state index in [1.165, 1.54) is 0 Å². The molecule has 0 bridgehead atoms. The van der Waals surface area contributed by atoms with Gasteiger partial charge in [0.1, 0.15) is 37.0 Å². The summed E-state index contributed by atoms with van der Waals surface area (Å²) in [5.74, 6) is -0.613. The van der Waals surface area contributed by atoms with Crippen molar-refractivity contribution in [2.24, 2.45) is 0 Å². The molecule has 3 aliphatic heterocycles. The van der Waals surface area contributed by atoms with E-state index in [4.69, 9.17) is 4.74 Å². The molecule has 1 radical (unpaired) electrons. The Hall–Kier alpha value is -3.16. The number of hydrogen-bond acceptors (Lipinski definition) is 5. The number of likely N-dealkylation sites (tertiary alicyclic amines) is 1. The highest BCUT2D eigenvalue weighted by atomic mass is 16.5. The topological polar surface area (TPSA) is 90.3 Å². The molecule has 1 aromatic rings. The quantitative estimate of drug-likeness (QED) is 0.729. The number of hydrogen-bond donors (Lipinski definition) is 2. The van der Waals surface area contributed by atoms with Crippen molar-refractivity contribution in [1.29, 1.82) is 0 Å². The fraction of sp³-hybridized carbons (Fsp3) is 0.364. The third-order valence-electron chi connectivity index (χ3n) is 5.89. The van der Waals surface area contributed by atoms with Crippen LogP contribution in [0.3, 0.4) is 0 Å². The molecule has 0 atom stereocenters. The molecular formula is C22H24BN2O5. The number of fused-ring (bicyclic) bond motifs is 1. The van der Waals surface area contributed by atoms with Crippen LogP contribution in [0.1, 0.15) is 28.4 Å². The zero-order chi connectivity index (χ0) is 21.4. The maximum atomic E-state index is 12.6. The van der Waals surface area contributed by atoms with Crippen LogP contribution in [0.25, 0.3) is 0 Å². The van der Waals surface area contributed by atoms with Crippen molar-refractivity contribution in [1.82, 2.24) is 9.80 Å². The number of allylic oxidation sites excluding steroid dienone is 2. The van der Waals surface area contributed by atoms with Crippen LogP contribution in [0.15, 0.2) is 48.0 Å². The zero-order valence-electron chi connectivity index (χ0n) is 16.9. The summed E-state index contributed by atoms with van der Waals surface area (Å²) in [6.45, 7) is 6.40. The highest BCUT2D eigenvalue weighted by Crippen LogP contribution is 2.31. The Balaban J connectivity index is 1.38. The van der Waals surface area contributed by atoms with Gasteiger partial charge in [-0.05, 0) is 36.6 Å². The summed E-state index contributed by atoms with van der Waals surface area (Å²) in [4.78, 5) is 27.8. The van der Waals surface area contributed by atoms with E-state index in [1.807, 2.05) is 6.07 Å². The first-order valence-electron chi connectivity index (χ1n) is 10.0. The zero-order valence-corrected chi connectivity index (χ0v) is 16.9. The molecule has 4 rings (SSSR count). The first kappa shape index (κ1) is 20.1. The van der Waals surface area contributed by atoms with Crippen molar-refractivity contribution in [2.45, 2.75) is 32.1 Å². The molecule has 0 unspecified atom stereocenters. The van der Waals surface area contributed by atoms with E-state index in [2.05, 4.69) is 13.9 Å². The molecule has 1 amide bonds. The fourth-order valence-electron chi connectivity index (χ4n) is 4.03. The second-order valence-corrected chi connectivity index (χ2v) is 7.85. The minimum absolute atomic E-state index is 0.0842. The predicted molar refractivity (Wildman–Crippen MR) is 113 cm³/mol. The first-order chi connectivity index (χ1) is 14.3. The third kappa shape index (κ3) is 3.69. The summed E-state index contributed by atoms with van der Waals surface area (Å²) in [6, 6.07) is 3.68. The Bertz CT molecular complexity index is 978. The molecular weight excluding hydrogens is 383 g/mol. The molecule has 0 aromatic heterocycles. The van der Waals surface area contributed by atoms with Crippen LogP contribution in [0.2, 0.25) is 6.32 Å². The van der Waals surface area contributed by atoms with Gasteiger partial charge in [-0.2, -0.15) is 0 Å². The molecule has 30 heavy (non-hydrogen) atoms. The lowest BCUT2D eigenvalue weighted by molar-refractivity contribution is -0.140. The number of rotatable bonds is 5. The largest absolute Gasteiger partial charge is 0.506 e. The number of amides is 1. The van der Waals surface area contributed by atoms with Crippen molar-refractivity contribution >= 4 is 19.2 Å². The maximum absolute atomic E-state index is 12.6. The van der Waals surface area contributed by atoms with E-state index in [0.29, 0.717) is 36.4 Å². The van der Waals surface area contributed by atoms with Gasteiger partial charge in [0, 0.05) is 11.8 Å². The molecule has 2 N–H and O–H groups in total. The van der Waals surface area contributed by atoms with Crippen molar-refractivity contribution in [3.8, 4) is 5.75 Å². The van der Waals surface area contributed by atoms with Gasteiger partial charge in [0.15, 0.2) is 0 Å².